The van der Waals surface area contributed by atoms with Crippen LogP contribution in [0.2, 0.25) is 0 Å². The fourth-order valence-corrected chi connectivity index (χ4v) is 6.37. The summed E-state index contributed by atoms with van der Waals surface area (Å²) in [6.45, 7) is 4.66. The second kappa shape index (κ2) is 7.35. The fraction of sp³-hybridized carbons (Fsp3) is 0.684. The Labute approximate surface area is 151 Å². The molecule has 3 aliphatic rings. The number of nitrogens with one attached hydrogen (secondary N) is 1. The number of hydrogen-bond donors (Lipinski definition) is 1. The quantitative estimate of drug-likeness (QED) is 0.894. The van der Waals surface area contributed by atoms with E-state index in [1.54, 1.807) is 8.61 Å². The number of fused-ring (bicyclic) bond motifs is 1. The molecule has 2 saturated heterocycles. The van der Waals surface area contributed by atoms with E-state index in [-0.39, 0.29) is 0 Å². The van der Waals surface area contributed by atoms with Gasteiger partial charge in [-0.1, -0.05) is 24.3 Å². The van der Waals surface area contributed by atoms with Gasteiger partial charge in [-0.2, -0.15) is 17.0 Å². The first-order chi connectivity index (χ1) is 12.1. The molecule has 1 N–H and O–H groups in total. The van der Waals surface area contributed by atoms with Crippen molar-refractivity contribution in [2.45, 2.75) is 38.6 Å². The zero-order chi connectivity index (χ0) is 17.3. The molecule has 1 aromatic rings. The second-order valence-electron chi connectivity index (χ2n) is 7.73. The molecule has 0 aliphatic carbocycles. The van der Waals surface area contributed by atoms with Crippen LogP contribution in [0.25, 0.3) is 0 Å². The summed E-state index contributed by atoms with van der Waals surface area (Å²) in [6.07, 6.45) is 5.44. The van der Waals surface area contributed by atoms with E-state index < -0.39 is 10.2 Å². The Balaban J connectivity index is 1.46. The average Bonchev–Trinajstić information content (AvgIpc) is 2.68. The van der Waals surface area contributed by atoms with Crippen LogP contribution in [-0.4, -0.2) is 49.8 Å². The van der Waals surface area contributed by atoms with E-state index in [1.165, 1.54) is 24.8 Å². The van der Waals surface area contributed by atoms with Crippen LogP contribution in [0.1, 0.15) is 36.8 Å². The lowest BCUT2D eigenvalue weighted by molar-refractivity contribution is 0.166. The van der Waals surface area contributed by atoms with Crippen molar-refractivity contribution in [1.82, 2.24) is 13.9 Å². The molecule has 6 heteroatoms. The van der Waals surface area contributed by atoms with Gasteiger partial charge in [0.1, 0.15) is 0 Å². The lowest BCUT2D eigenvalue weighted by Gasteiger charge is -2.40. The number of benzene rings is 1. The van der Waals surface area contributed by atoms with E-state index in [4.69, 9.17) is 0 Å². The minimum absolute atomic E-state index is 0.508. The van der Waals surface area contributed by atoms with Crippen LogP contribution >= 0.6 is 0 Å². The molecule has 0 aromatic heterocycles. The first kappa shape index (κ1) is 17.5. The molecule has 25 heavy (non-hydrogen) atoms. The molecule has 138 valence electrons. The zero-order valence-corrected chi connectivity index (χ0v) is 15.7. The van der Waals surface area contributed by atoms with Gasteiger partial charge in [0, 0.05) is 26.2 Å². The molecular weight excluding hydrogens is 334 g/mol. The van der Waals surface area contributed by atoms with Crippen molar-refractivity contribution in [3.63, 3.8) is 0 Å². The fourth-order valence-electron chi connectivity index (χ4n) is 4.68. The number of rotatable bonds is 3. The highest BCUT2D eigenvalue weighted by Crippen LogP contribution is 2.31. The Bertz CT molecular complexity index is 700. The third-order valence-electron chi connectivity index (χ3n) is 6.17. The Morgan fingerprint density at radius 3 is 2.56 bits per heavy atom. The highest BCUT2D eigenvalue weighted by Gasteiger charge is 2.37. The molecule has 0 bridgehead atoms. The third kappa shape index (κ3) is 3.63. The topological polar surface area (TPSA) is 52.7 Å². The highest BCUT2D eigenvalue weighted by atomic mass is 32.2. The molecule has 3 aliphatic heterocycles. The van der Waals surface area contributed by atoms with Gasteiger partial charge in [-0.25, -0.2) is 0 Å². The van der Waals surface area contributed by atoms with Gasteiger partial charge in [0.2, 0.25) is 0 Å². The minimum Gasteiger partial charge on any atom is -0.316 e. The summed E-state index contributed by atoms with van der Waals surface area (Å²) < 4.78 is 29.9. The van der Waals surface area contributed by atoms with Crippen LogP contribution in [-0.2, 0) is 23.2 Å². The normalized spacial score (nSPS) is 29.3. The lowest BCUT2D eigenvalue weighted by atomic mass is 9.82. The predicted molar refractivity (Wildman–Crippen MR) is 99.4 cm³/mol. The summed E-state index contributed by atoms with van der Waals surface area (Å²) in [7, 11) is -3.35. The minimum atomic E-state index is -3.35. The maximum Gasteiger partial charge on any atom is 0.282 e. The Hall–Kier alpha value is -0.950. The van der Waals surface area contributed by atoms with Crippen molar-refractivity contribution in [3.05, 3.63) is 35.4 Å². The molecule has 2 fully saturated rings. The van der Waals surface area contributed by atoms with Gasteiger partial charge >= 0.3 is 0 Å². The summed E-state index contributed by atoms with van der Waals surface area (Å²) in [5.41, 5.74) is 2.45. The largest absolute Gasteiger partial charge is 0.316 e. The van der Waals surface area contributed by atoms with Gasteiger partial charge in [0.25, 0.3) is 10.2 Å². The van der Waals surface area contributed by atoms with Gasteiger partial charge in [-0.15, -0.1) is 0 Å². The predicted octanol–water partition coefficient (Wildman–Crippen LogP) is 2.00. The number of hydrogen-bond acceptors (Lipinski definition) is 3. The molecule has 0 radical (unpaired) electrons. The molecular formula is C19H29N3O2S. The van der Waals surface area contributed by atoms with E-state index in [9.17, 15) is 8.42 Å². The van der Waals surface area contributed by atoms with Crippen LogP contribution in [0.5, 0.6) is 0 Å². The molecule has 0 amide bonds. The van der Waals surface area contributed by atoms with Gasteiger partial charge in [-0.05, 0) is 68.2 Å². The first-order valence-corrected chi connectivity index (χ1v) is 11.1. The summed E-state index contributed by atoms with van der Waals surface area (Å²) in [6, 6.07) is 8.22. The molecule has 3 heterocycles. The maximum atomic E-state index is 13.2. The molecule has 2 unspecified atom stereocenters. The van der Waals surface area contributed by atoms with Crippen LogP contribution in [0.15, 0.2) is 24.3 Å². The van der Waals surface area contributed by atoms with Crippen LogP contribution in [0.3, 0.4) is 0 Å². The van der Waals surface area contributed by atoms with E-state index in [0.717, 1.165) is 31.5 Å². The number of piperidine rings is 2. The Kier molecular flexibility index (Phi) is 5.13. The smallest absolute Gasteiger partial charge is 0.282 e. The van der Waals surface area contributed by atoms with E-state index in [0.29, 0.717) is 38.0 Å². The summed E-state index contributed by atoms with van der Waals surface area (Å²) in [5.74, 6) is 1.14. The van der Waals surface area contributed by atoms with Crippen LogP contribution in [0, 0.1) is 11.8 Å². The average molecular weight is 364 g/mol. The number of nitrogens with zero attached hydrogens (tertiary/aromatic N) is 2. The van der Waals surface area contributed by atoms with E-state index in [2.05, 4.69) is 17.4 Å². The standard InChI is InChI=1S/C19H29N3O2S/c23-25(24,22-12-9-16-5-1-2-6-18(16)14-22)21-11-4-8-19(15-21)17-7-3-10-20-13-17/h1-2,5-6,17,19-20H,3-4,7-15H2. The molecule has 1 aromatic carbocycles. The van der Waals surface area contributed by atoms with Crippen molar-refractivity contribution >= 4 is 10.2 Å². The molecule has 4 rings (SSSR count). The molecule has 0 saturated carbocycles. The second-order valence-corrected chi connectivity index (χ2v) is 9.66. The van der Waals surface area contributed by atoms with Crippen LogP contribution < -0.4 is 5.32 Å². The van der Waals surface area contributed by atoms with E-state index in [1.807, 2.05) is 12.1 Å². The van der Waals surface area contributed by atoms with Gasteiger partial charge in [0.15, 0.2) is 0 Å². The highest BCUT2D eigenvalue weighted by molar-refractivity contribution is 7.86. The maximum absolute atomic E-state index is 13.2. The van der Waals surface area contributed by atoms with Gasteiger partial charge in [-0.3, -0.25) is 0 Å². The van der Waals surface area contributed by atoms with Crippen molar-refractivity contribution in [1.29, 1.82) is 0 Å². The lowest BCUT2D eigenvalue weighted by Crippen LogP contribution is -2.51. The SMILES string of the molecule is O=S(=O)(N1CCc2ccccc2C1)N1CCCC(C2CCCNC2)C1. The van der Waals surface area contributed by atoms with Crippen molar-refractivity contribution < 1.29 is 8.42 Å². The van der Waals surface area contributed by atoms with Crippen LogP contribution in [0.4, 0.5) is 0 Å². The molecule has 0 spiro atoms. The van der Waals surface area contributed by atoms with Crippen molar-refractivity contribution in [3.8, 4) is 0 Å². The van der Waals surface area contributed by atoms with E-state index >= 15 is 0 Å². The van der Waals surface area contributed by atoms with Crippen molar-refractivity contribution in [2.24, 2.45) is 11.8 Å². The summed E-state index contributed by atoms with van der Waals surface area (Å²) in [5, 5.41) is 3.48. The first-order valence-electron chi connectivity index (χ1n) is 9.67. The van der Waals surface area contributed by atoms with Gasteiger partial charge < -0.3 is 5.32 Å². The Morgan fingerprint density at radius 1 is 0.960 bits per heavy atom. The van der Waals surface area contributed by atoms with Gasteiger partial charge in [0.05, 0.1) is 0 Å². The molecule has 2 atom stereocenters. The summed E-state index contributed by atoms with van der Waals surface area (Å²) >= 11 is 0. The monoisotopic (exact) mass is 363 g/mol. The zero-order valence-electron chi connectivity index (χ0n) is 14.9. The molecule has 5 nitrogen and oxygen atoms in total. The van der Waals surface area contributed by atoms with Crippen molar-refractivity contribution in [2.75, 3.05) is 32.7 Å². The summed E-state index contributed by atoms with van der Waals surface area (Å²) in [4.78, 5) is 0. The Morgan fingerprint density at radius 2 is 1.76 bits per heavy atom. The third-order valence-corrected chi connectivity index (χ3v) is 8.12.